The summed E-state index contributed by atoms with van der Waals surface area (Å²) in [6.45, 7) is 12.3. The molecule has 0 amide bonds. The highest BCUT2D eigenvalue weighted by atomic mass is 35.5. The second-order valence-corrected chi connectivity index (χ2v) is 16.3. The van der Waals surface area contributed by atoms with Gasteiger partial charge >= 0.3 is 11.9 Å². The number of aliphatic hydroxyl groups is 4. The minimum absolute atomic E-state index is 0.191. The van der Waals surface area contributed by atoms with E-state index in [9.17, 15) is 35.5 Å². The van der Waals surface area contributed by atoms with E-state index in [1.807, 2.05) is 40.8 Å². The molecule has 4 N–H and O–H groups in total. The molecule has 0 aromatic heterocycles. The summed E-state index contributed by atoms with van der Waals surface area (Å²) < 4.78 is 34.0. The van der Waals surface area contributed by atoms with Crippen molar-refractivity contribution in [1.29, 1.82) is 0 Å². The van der Waals surface area contributed by atoms with Gasteiger partial charge in [-0.15, -0.1) is 11.6 Å². The van der Waals surface area contributed by atoms with Crippen LogP contribution in [0.25, 0.3) is 10.4 Å². The lowest BCUT2D eigenvalue weighted by atomic mass is 9.96. The Kier molecular flexibility index (Phi) is 12.8. The van der Waals surface area contributed by atoms with Crippen molar-refractivity contribution in [2.75, 3.05) is 19.1 Å². The van der Waals surface area contributed by atoms with Crippen LogP contribution in [0.4, 0.5) is 0 Å². The van der Waals surface area contributed by atoms with Gasteiger partial charge in [0, 0.05) is 11.8 Å². The minimum atomic E-state index is -2.68. The van der Waals surface area contributed by atoms with Crippen molar-refractivity contribution in [2.45, 2.75) is 114 Å². The normalized spacial score (nSPS) is 34.6. The quantitative estimate of drug-likeness (QED) is 0.0593. The van der Waals surface area contributed by atoms with Gasteiger partial charge < -0.3 is 48.5 Å². The van der Waals surface area contributed by atoms with E-state index in [1.165, 1.54) is 0 Å². The second-order valence-electron chi connectivity index (χ2n) is 11.5. The van der Waals surface area contributed by atoms with Gasteiger partial charge in [-0.05, 0) is 29.6 Å². The molecule has 0 aromatic rings. The number of rotatable bonds is 12. The first-order chi connectivity index (χ1) is 19.0. The number of aliphatic hydroxyl groups excluding tert-OH is 4. The van der Waals surface area contributed by atoms with Crippen LogP contribution >= 0.6 is 11.6 Å². The summed E-state index contributed by atoms with van der Waals surface area (Å²) in [6, 6.07) is -1.34. The summed E-state index contributed by atoms with van der Waals surface area (Å²) in [5.74, 6) is -1.70. The van der Waals surface area contributed by atoms with Crippen LogP contribution in [0.15, 0.2) is 5.11 Å². The predicted molar refractivity (Wildman–Crippen MR) is 145 cm³/mol. The summed E-state index contributed by atoms with van der Waals surface area (Å²) in [6.07, 6.45) is -13.9. The number of esters is 2. The maximum absolute atomic E-state index is 11.7. The highest BCUT2D eigenvalue weighted by molar-refractivity contribution is 6.74. The Bertz CT molecular complexity index is 953. The van der Waals surface area contributed by atoms with Crippen LogP contribution < -0.4 is 0 Å². The van der Waals surface area contributed by atoms with Crippen molar-refractivity contribution in [3.8, 4) is 0 Å². The average molecular weight is 628 g/mol. The van der Waals surface area contributed by atoms with E-state index in [0.717, 1.165) is 6.92 Å². The van der Waals surface area contributed by atoms with E-state index in [0.29, 0.717) is 0 Å². The lowest BCUT2D eigenvalue weighted by Gasteiger charge is -2.50. The third-order valence-electron chi connectivity index (χ3n) is 8.16. The average Bonchev–Trinajstić information content (AvgIpc) is 2.89. The summed E-state index contributed by atoms with van der Waals surface area (Å²) in [5, 5.41) is 46.1. The third-order valence-corrected chi connectivity index (χ3v) is 12.9. The smallest absolute Gasteiger partial charge is 0.320 e. The number of hydrogen-bond donors (Lipinski definition) is 4. The van der Waals surface area contributed by atoms with Crippen LogP contribution in [0.1, 0.15) is 34.6 Å². The molecule has 0 unspecified atom stereocenters. The van der Waals surface area contributed by atoms with Gasteiger partial charge in [-0.2, -0.15) is 0 Å². The minimum Gasteiger partial charge on any atom is -0.463 e. The zero-order chi connectivity index (χ0) is 31.3. The van der Waals surface area contributed by atoms with E-state index in [4.69, 9.17) is 39.7 Å². The fraction of sp³-hybridized carbons (Fsp3) is 0.917. The Labute approximate surface area is 244 Å². The molecule has 0 radical (unpaired) electrons. The van der Waals surface area contributed by atoms with Crippen LogP contribution in [-0.2, 0) is 37.7 Å². The molecule has 0 aromatic carbocycles. The summed E-state index contributed by atoms with van der Waals surface area (Å²) in [4.78, 5) is 25.9. The molecule has 2 rings (SSSR count). The molecular formula is C24H42ClN3O12Si. The molecule has 2 heterocycles. The van der Waals surface area contributed by atoms with E-state index in [1.54, 1.807) is 0 Å². The molecule has 236 valence electrons. The Balaban J connectivity index is 2.45. The molecular weight excluding hydrogens is 586 g/mol. The molecule has 15 nitrogen and oxygen atoms in total. The first kappa shape index (κ1) is 35.6. The lowest BCUT2D eigenvalue weighted by Crippen LogP contribution is -2.65. The molecule has 2 fully saturated rings. The van der Waals surface area contributed by atoms with Crippen LogP contribution in [0, 0.1) is 5.92 Å². The van der Waals surface area contributed by atoms with Crippen molar-refractivity contribution >= 4 is 31.9 Å². The van der Waals surface area contributed by atoms with E-state index >= 15 is 0 Å². The number of hydrogen-bond acceptors (Lipinski definition) is 13. The summed E-state index contributed by atoms with van der Waals surface area (Å²) >= 11 is 5.53. The molecule has 0 saturated carbocycles. The van der Waals surface area contributed by atoms with Crippen molar-refractivity contribution < 1.29 is 58.1 Å². The molecule has 17 heteroatoms. The molecule has 0 bridgehead atoms. The zero-order valence-electron chi connectivity index (χ0n) is 24.2. The topological polar surface area (TPSA) is 219 Å². The SMILES string of the molecule is CC(=O)OC[C@H]1O[C@@H](O[C@H]2[C@H](O)[C@@H](COC(=O)CCl)O[C@@H](O[Si](C)(C)C(C)(C)C(C)C)[C@@H]2N=[N+]=[N-])[C@H](O)[C@@H](O)[C@H]1O. The van der Waals surface area contributed by atoms with Crippen LogP contribution in [0.3, 0.4) is 0 Å². The third kappa shape index (κ3) is 8.51. The maximum atomic E-state index is 11.7. The molecule has 2 aliphatic heterocycles. The first-order valence-corrected chi connectivity index (χ1v) is 16.7. The second kappa shape index (κ2) is 14.7. The molecule has 41 heavy (non-hydrogen) atoms. The Morgan fingerprint density at radius 1 is 1.00 bits per heavy atom. The van der Waals surface area contributed by atoms with Crippen LogP contribution in [0.5, 0.6) is 0 Å². The van der Waals surface area contributed by atoms with E-state index in [-0.39, 0.29) is 11.0 Å². The van der Waals surface area contributed by atoms with Gasteiger partial charge in [0.15, 0.2) is 20.9 Å². The maximum Gasteiger partial charge on any atom is 0.320 e. The standard InChI is InChI=1S/C24H42ClN3O12Si/c1-11(2)24(4,5)41(6,7)40-22-16(27-28-26)21(18(32)14(37-22)10-36-15(30)8-25)39-23-20(34)19(33)17(31)13(38-23)9-35-12(3)29/h11,13-14,16-23,31-34H,8-10H2,1-7H3/t13-,14-,16-,17+,18-,19+,20-,21-,22+,23+/m1/s1. The Morgan fingerprint density at radius 2 is 1.56 bits per heavy atom. The zero-order valence-corrected chi connectivity index (χ0v) is 26.0. The number of carbonyl (C=O) groups excluding carboxylic acids is 2. The van der Waals surface area contributed by atoms with E-state index in [2.05, 4.69) is 10.0 Å². The molecule has 2 saturated heterocycles. The van der Waals surface area contributed by atoms with Crippen molar-refractivity contribution in [2.24, 2.45) is 11.0 Å². The fourth-order valence-electron chi connectivity index (χ4n) is 4.35. The largest absolute Gasteiger partial charge is 0.463 e. The van der Waals surface area contributed by atoms with Gasteiger partial charge in [-0.1, -0.05) is 32.8 Å². The van der Waals surface area contributed by atoms with Gasteiger partial charge in [0.2, 0.25) is 0 Å². The number of halogens is 1. The van der Waals surface area contributed by atoms with Crippen LogP contribution in [0.2, 0.25) is 18.1 Å². The predicted octanol–water partition coefficient (Wildman–Crippen LogP) is 0.947. The molecule has 0 aliphatic carbocycles. The number of nitrogens with zero attached hydrogens (tertiary/aromatic N) is 3. The molecule has 10 atom stereocenters. The van der Waals surface area contributed by atoms with Gasteiger partial charge in [-0.3, -0.25) is 9.59 Å². The summed E-state index contributed by atoms with van der Waals surface area (Å²) in [5.41, 5.74) is 9.39. The van der Waals surface area contributed by atoms with E-state index < -0.39 is 101 Å². The van der Waals surface area contributed by atoms with Crippen LogP contribution in [-0.4, -0.2) is 121 Å². The van der Waals surface area contributed by atoms with Crippen molar-refractivity contribution in [3.05, 3.63) is 10.4 Å². The monoisotopic (exact) mass is 627 g/mol. The number of alkyl halides is 1. The van der Waals surface area contributed by atoms with Gasteiger partial charge in [0.05, 0.1) is 0 Å². The first-order valence-electron chi connectivity index (χ1n) is 13.2. The fourth-order valence-corrected chi connectivity index (χ4v) is 6.90. The van der Waals surface area contributed by atoms with Crippen molar-refractivity contribution in [1.82, 2.24) is 0 Å². The van der Waals surface area contributed by atoms with Gasteiger partial charge in [0.1, 0.15) is 67.9 Å². The Hall–Kier alpha value is -1.56. The molecule has 2 aliphatic rings. The highest BCUT2D eigenvalue weighted by Crippen LogP contribution is 2.46. The Morgan fingerprint density at radius 3 is 2.10 bits per heavy atom. The number of azide groups is 1. The van der Waals surface area contributed by atoms with Gasteiger partial charge in [-0.25, -0.2) is 0 Å². The van der Waals surface area contributed by atoms with Crippen molar-refractivity contribution in [3.63, 3.8) is 0 Å². The number of carbonyl (C=O) groups is 2. The molecule has 0 spiro atoms. The lowest BCUT2D eigenvalue weighted by molar-refractivity contribution is -0.339. The van der Waals surface area contributed by atoms with Gasteiger partial charge in [0.25, 0.3) is 0 Å². The number of ether oxygens (including phenoxy) is 5. The highest BCUT2D eigenvalue weighted by Gasteiger charge is 2.54. The summed E-state index contributed by atoms with van der Waals surface area (Å²) in [7, 11) is -2.68.